The first-order valence-electron chi connectivity index (χ1n) is 5.83. The summed E-state index contributed by atoms with van der Waals surface area (Å²) in [5.41, 5.74) is 0.718. The van der Waals surface area contributed by atoms with Gasteiger partial charge < -0.3 is 5.32 Å². The van der Waals surface area contributed by atoms with Gasteiger partial charge in [0.25, 0.3) is 12.1 Å². The van der Waals surface area contributed by atoms with Crippen LogP contribution in [-0.2, 0) is 13.1 Å². The maximum atomic E-state index is 12.2. The monoisotopic (exact) mass is 282 g/mol. The van der Waals surface area contributed by atoms with Gasteiger partial charge in [-0.2, -0.15) is 5.10 Å². The highest BCUT2D eigenvalue weighted by molar-refractivity contribution is 5.38. The number of non-ortho nitro benzene ring substituents is 1. The van der Waals surface area contributed by atoms with E-state index in [1.165, 1.54) is 18.3 Å². The number of alkyl halides is 2. The summed E-state index contributed by atoms with van der Waals surface area (Å²) in [7, 11) is 0. The Morgan fingerprint density at radius 3 is 2.90 bits per heavy atom. The Hall–Kier alpha value is -2.51. The molecular formula is C12H12F2N4O2. The highest BCUT2D eigenvalue weighted by Gasteiger charge is 2.07. The van der Waals surface area contributed by atoms with Crippen LogP contribution >= 0.6 is 0 Å². The Kier molecular flexibility index (Phi) is 4.24. The van der Waals surface area contributed by atoms with E-state index >= 15 is 0 Å². The minimum atomic E-state index is -2.46. The molecule has 0 aliphatic rings. The van der Waals surface area contributed by atoms with Crippen LogP contribution in [0.15, 0.2) is 36.5 Å². The summed E-state index contributed by atoms with van der Waals surface area (Å²) in [5, 5.41) is 17.5. The molecule has 0 unspecified atom stereocenters. The quantitative estimate of drug-likeness (QED) is 0.653. The molecule has 2 aromatic rings. The number of hydrogen-bond acceptors (Lipinski definition) is 4. The van der Waals surface area contributed by atoms with Gasteiger partial charge in [-0.15, -0.1) is 0 Å². The maximum Gasteiger partial charge on any atom is 0.269 e. The van der Waals surface area contributed by atoms with Crippen molar-refractivity contribution in [3.8, 4) is 0 Å². The molecule has 1 N–H and O–H groups in total. The molecule has 1 aromatic heterocycles. The van der Waals surface area contributed by atoms with Crippen LogP contribution in [-0.4, -0.2) is 21.1 Å². The third kappa shape index (κ3) is 3.74. The molecule has 0 saturated heterocycles. The Morgan fingerprint density at radius 1 is 1.40 bits per heavy atom. The van der Waals surface area contributed by atoms with Crippen LogP contribution in [0.25, 0.3) is 0 Å². The first-order valence-corrected chi connectivity index (χ1v) is 5.83. The minimum Gasteiger partial charge on any atom is -0.365 e. The van der Waals surface area contributed by atoms with E-state index in [0.29, 0.717) is 17.9 Å². The molecule has 0 fully saturated rings. The summed E-state index contributed by atoms with van der Waals surface area (Å²) in [6, 6.07) is 7.74. The minimum absolute atomic E-state index is 0.00697. The largest absolute Gasteiger partial charge is 0.365 e. The number of nitrogens with zero attached hydrogens (tertiary/aromatic N) is 3. The number of nitro groups is 1. The normalized spacial score (nSPS) is 10.8. The molecule has 1 heterocycles. The van der Waals surface area contributed by atoms with E-state index in [4.69, 9.17) is 0 Å². The standard InChI is InChI=1S/C12H12F2N4O2/c13-11(14)8-17-5-4-12(16-17)15-7-9-2-1-3-10(6-9)18(19)20/h1-6,11H,7-8H2,(H,15,16). The van der Waals surface area contributed by atoms with Gasteiger partial charge in [0, 0.05) is 30.9 Å². The Bertz CT molecular complexity index is 601. The number of nitro benzene ring substituents is 1. The fraction of sp³-hybridized carbons (Fsp3) is 0.250. The van der Waals surface area contributed by atoms with Crippen molar-refractivity contribution in [2.75, 3.05) is 5.32 Å². The first-order chi connectivity index (χ1) is 9.54. The second-order valence-electron chi connectivity index (χ2n) is 4.09. The van der Waals surface area contributed by atoms with Crippen LogP contribution in [0.2, 0.25) is 0 Å². The van der Waals surface area contributed by atoms with Crippen molar-refractivity contribution >= 4 is 11.5 Å². The molecule has 20 heavy (non-hydrogen) atoms. The summed E-state index contributed by atoms with van der Waals surface area (Å²) in [6.07, 6.45) is -1.01. The SMILES string of the molecule is O=[N+]([O-])c1cccc(CNc2ccn(CC(F)F)n2)c1. The zero-order valence-electron chi connectivity index (χ0n) is 10.4. The van der Waals surface area contributed by atoms with E-state index in [2.05, 4.69) is 10.4 Å². The Balaban J connectivity index is 1.96. The van der Waals surface area contributed by atoms with Crippen molar-refractivity contribution in [3.63, 3.8) is 0 Å². The van der Waals surface area contributed by atoms with E-state index < -0.39 is 17.9 Å². The summed E-state index contributed by atoms with van der Waals surface area (Å²) in [4.78, 5) is 10.2. The van der Waals surface area contributed by atoms with Crippen LogP contribution in [0.4, 0.5) is 20.3 Å². The summed E-state index contributed by atoms with van der Waals surface area (Å²) >= 11 is 0. The molecule has 0 atom stereocenters. The molecule has 0 spiro atoms. The number of halogens is 2. The van der Waals surface area contributed by atoms with Crippen LogP contribution in [0.3, 0.4) is 0 Å². The van der Waals surface area contributed by atoms with Crippen molar-refractivity contribution in [2.45, 2.75) is 19.5 Å². The lowest BCUT2D eigenvalue weighted by Crippen LogP contribution is -2.08. The molecule has 6 nitrogen and oxygen atoms in total. The second-order valence-corrected chi connectivity index (χ2v) is 4.09. The van der Waals surface area contributed by atoms with E-state index in [1.54, 1.807) is 18.2 Å². The van der Waals surface area contributed by atoms with E-state index in [-0.39, 0.29) is 5.69 Å². The third-order valence-electron chi connectivity index (χ3n) is 2.56. The van der Waals surface area contributed by atoms with Crippen molar-refractivity contribution in [1.82, 2.24) is 9.78 Å². The van der Waals surface area contributed by atoms with Gasteiger partial charge >= 0.3 is 0 Å². The number of nitrogens with one attached hydrogen (secondary N) is 1. The summed E-state index contributed by atoms with van der Waals surface area (Å²) < 4.78 is 25.5. The number of anilines is 1. The fourth-order valence-corrected chi connectivity index (χ4v) is 1.67. The molecule has 0 aliphatic heterocycles. The van der Waals surface area contributed by atoms with Gasteiger partial charge in [-0.3, -0.25) is 14.8 Å². The molecule has 0 aliphatic carbocycles. The number of hydrogen-bond donors (Lipinski definition) is 1. The molecular weight excluding hydrogens is 270 g/mol. The van der Waals surface area contributed by atoms with Gasteiger partial charge in [0.15, 0.2) is 0 Å². The average molecular weight is 282 g/mol. The van der Waals surface area contributed by atoms with Gasteiger partial charge in [0.2, 0.25) is 0 Å². The predicted molar refractivity (Wildman–Crippen MR) is 68.7 cm³/mol. The molecule has 0 amide bonds. The van der Waals surface area contributed by atoms with Crippen molar-refractivity contribution < 1.29 is 13.7 Å². The second kappa shape index (κ2) is 6.09. The molecule has 0 saturated carbocycles. The van der Waals surface area contributed by atoms with Crippen molar-refractivity contribution in [1.29, 1.82) is 0 Å². The molecule has 106 valence electrons. The predicted octanol–water partition coefficient (Wildman–Crippen LogP) is 2.67. The molecule has 0 bridgehead atoms. The van der Waals surface area contributed by atoms with Gasteiger partial charge in [0.05, 0.1) is 4.92 Å². The average Bonchev–Trinajstić information content (AvgIpc) is 2.83. The molecule has 1 aromatic carbocycles. The van der Waals surface area contributed by atoms with Crippen molar-refractivity contribution in [2.24, 2.45) is 0 Å². The number of aromatic nitrogens is 2. The zero-order chi connectivity index (χ0) is 14.5. The van der Waals surface area contributed by atoms with Gasteiger partial charge in [-0.25, -0.2) is 8.78 Å². The number of benzene rings is 1. The highest BCUT2D eigenvalue weighted by Crippen LogP contribution is 2.14. The van der Waals surface area contributed by atoms with Crippen LogP contribution in [0.1, 0.15) is 5.56 Å². The molecule has 8 heteroatoms. The summed E-state index contributed by atoms with van der Waals surface area (Å²) in [5.74, 6) is 0.442. The molecule has 2 rings (SSSR count). The van der Waals surface area contributed by atoms with E-state index in [0.717, 1.165) is 4.68 Å². The smallest absolute Gasteiger partial charge is 0.269 e. The van der Waals surface area contributed by atoms with Crippen LogP contribution < -0.4 is 5.32 Å². The first kappa shape index (κ1) is 13.9. The van der Waals surface area contributed by atoms with E-state index in [9.17, 15) is 18.9 Å². The topological polar surface area (TPSA) is 73.0 Å². The lowest BCUT2D eigenvalue weighted by Gasteiger charge is -2.03. The Labute approximate surface area is 113 Å². The van der Waals surface area contributed by atoms with Gasteiger partial charge in [-0.05, 0) is 5.56 Å². The Morgan fingerprint density at radius 2 is 2.20 bits per heavy atom. The maximum absolute atomic E-state index is 12.2. The van der Waals surface area contributed by atoms with E-state index in [1.807, 2.05) is 0 Å². The van der Waals surface area contributed by atoms with Gasteiger partial charge in [-0.1, -0.05) is 12.1 Å². The highest BCUT2D eigenvalue weighted by atomic mass is 19.3. The lowest BCUT2D eigenvalue weighted by atomic mass is 10.2. The van der Waals surface area contributed by atoms with Crippen LogP contribution in [0, 0.1) is 10.1 Å². The summed E-state index contributed by atoms with van der Waals surface area (Å²) in [6.45, 7) is -0.133. The third-order valence-corrected chi connectivity index (χ3v) is 2.56. The van der Waals surface area contributed by atoms with Crippen molar-refractivity contribution in [3.05, 3.63) is 52.2 Å². The number of rotatable bonds is 6. The molecule has 0 radical (unpaired) electrons. The zero-order valence-corrected chi connectivity index (χ0v) is 10.4. The van der Waals surface area contributed by atoms with Gasteiger partial charge in [0.1, 0.15) is 12.4 Å². The van der Waals surface area contributed by atoms with Crippen LogP contribution in [0.5, 0.6) is 0 Å². The lowest BCUT2D eigenvalue weighted by molar-refractivity contribution is -0.384. The fourth-order valence-electron chi connectivity index (χ4n) is 1.67.